The molecule has 0 aliphatic heterocycles. The van der Waals surface area contributed by atoms with Crippen molar-refractivity contribution < 1.29 is 9.13 Å². The van der Waals surface area contributed by atoms with Gasteiger partial charge in [0.2, 0.25) is 0 Å². The van der Waals surface area contributed by atoms with Crippen molar-refractivity contribution in [2.24, 2.45) is 11.8 Å². The van der Waals surface area contributed by atoms with Gasteiger partial charge in [0.25, 0.3) is 0 Å². The molecule has 0 radical (unpaired) electrons. The number of rotatable bonds is 9. The van der Waals surface area contributed by atoms with Crippen LogP contribution in [0.5, 0.6) is 5.75 Å². The molecule has 1 aromatic rings. The van der Waals surface area contributed by atoms with Crippen molar-refractivity contribution in [3.63, 3.8) is 0 Å². The first kappa shape index (κ1) is 17.3. The van der Waals surface area contributed by atoms with E-state index in [1.54, 1.807) is 0 Å². The number of hydrogen-bond donors (Lipinski definition) is 0. The van der Waals surface area contributed by atoms with Gasteiger partial charge < -0.3 is 4.74 Å². The minimum atomic E-state index is -0.835. The Balaban J connectivity index is 1.56. The molecule has 0 aromatic heterocycles. The van der Waals surface area contributed by atoms with Crippen LogP contribution in [0.25, 0.3) is 0 Å². The van der Waals surface area contributed by atoms with E-state index < -0.39 is 6.17 Å². The number of halogens is 1. The van der Waals surface area contributed by atoms with E-state index in [9.17, 15) is 4.39 Å². The number of benzene rings is 1. The van der Waals surface area contributed by atoms with E-state index in [2.05, 4.69) is 6.92 Å². The monoisotopic (exact) mass is 306 g/mol. The normalized spacial score (nSPS) is 23.2. The summed E-state index contributed by atoms with van der Waals surface area (Å²) in [6.45, 7) is 2.46. The molecule has 2 rings (SSSR count). The van der Waals surface area contributed by atoms with Gasteiger partial charge in [0.1, 0.15) is 18.5 Å². The molecule has 1 aliphatic rings. The lowest BCUT2D eigenvalue weighted by atomic mass is 9.78. The average Bonchev–Trinajstić information content (AvgIpc) is 2.58. The molecule has 0 N–H and O–H groups in total. The highest BCUT2D eigenvalue weighted by molar-refractivity contribution is 5.20. The Labute approximate surface area is 135 Å². The second kappa shape index (κ2) is 9.86. The highest BCUT2D eigenvalue weighted by atomic mass is 19.1. The van der Waals surface area contributed by atoms with E-state index in [1.165, 1.54) is 44.9 Å². The lowest BCUT2D eigenvalue weighted by Gasteiger charge is -2.28. The van der Waals surface area contributed by atoms with Crippen LogP contribution in [-0.4, -0.2) is 12.8 Å². The van der Waals surface area contributed by atoms with Gasteiger partial charge in [0.05, 0.1) is 0 Å². The number of hydrogen-bond acceptors (Lipinski definition) is 1. The van der Waals surface area contributed by atoms with Crippen molar-refractivity contribution in [2.45, 2.75) is 70.9 Å². The molecule has 1 aliphatic carbocycles. The van der Waals surface area contributed by atoms with Gasteiger partial charge in [0.15, 0.2) is 0 Å². The fourth-order valence-corrected chi connectivity index (χ4v) is 3.50. The molecule has 1 saturated carbocycles. The van der Waals surface area contributed by atoms with Crippen molar-refractivity contribution in [3.05, 3.63) is 30.3 Å². The number of ether oxygens (including phenoxy) is 1. The summed E-state index contributed by atoms with van der Waals surface area (Å²) >= 11 is 0. The van der Waals surface area contributed by atoms with E-state index in [-0.39, 0.29) is 6.61 Å². The standard InChI is InChI=1S/C20H31FO/c1-2-3-7-17-10-12-18(13-11-17)14-15-19(21)16-22-20-8-5-4-6-9-20/h4-6,8-9,17-19H,2-3,7,10-16H2,1H3/t17-,18-,19?. The van der Waals surface area contributed by atoms with Gasteiger partial charge in [-0.25, -0.2) is 4.39 Å². The quantitative estimate of drug-likeness (QED) is 0.529. The SMILES string of the molecule is CCCC[C@H]1CC[C@H](CCC(F)COc2ccccc2)CC1. The van der Waals surface area contributed by atoms with Crippen LogP contribution in [0.2, 0.25) is 0 Å². The zero-order valence-corrected chi connectivity index (χ0v) is 14.0. The Hall–Kier alpha value is -1.05. The highest BCUT2D eigenvalue weighted by Crippen LogP contribution is 2.34. The fourth-order valence-electron chi connectivity index (χ4n) is 3.50. The van der Waals surface area contributed by atoms with E-state index in [0.717, 1.165) is 24.0 Å². The first-order valence-electron chi connectivity index (χ1n) is 9.09. The molecular formula is C20H31FO. The van der Waals surface area contributed by atoms with E-state index >= 15 is 0 Å². The van der Waals surface area contributed by atoms with Gasteiger partial charge >= 0.3 is 0 Å². The summed E-state index contributed by atoms with van der Waals surface area (Å²) in [5, 5.41) is 0. The lowest BCUT2D eigenvalue weighted by molar-refractivity contribution is 0.167. The third kappa shape index (κ3) is 6.37. The Kier molecular flexibility index (Phi) is 7.76. The summed E-state index contributed by atoms with van der Waals surface area (Å²) in [5.74, 6) is 2.45. The maximum atomic E-state index is 14.0. The van der Waals surface area contributed by atoms with Crippen molar-refractivity contribution in [3.8, 4) is 5.75 Å². The molecule has 1 atom stereocenters. The second-order valence-electron chi connectivity index (χ2n) is 6.83. The first-order valence-corrected chi connectivity index (χ1v) is 9.09. The lowest BCUT2D eigenvalue weighted by Crippen LogP contribution is -2.18. The molecule has 1 nitrogen and oxygen atoms in total. The molecule has 2 heteroatoms. The number of alkyl halides is 1. The van der Waals surface area contributed by atoms with Gasteiger partial charge in [-0.05, 0) is 36.8 Å². The Bertz CT molecular complexity index is 384. The first-order chi connectivity index (χ1) is 10.8. The van der Waals surface area contributed by atoms with Gasteiger partial charge in [-0.3, -0.25) is 0 Å². The van der Waals surface area contributed by atoms with Crippen LogP contribution < -0.4 is 4.74 Å². The zero-order valence-electron chi connectivity index (χ0n) is 14.0. The third-order valence-electron chi connectivity index (χ3n) is 4.99. The van der Waals surface area contributed by atoms with Crippen LogP contribution >= 0.6 is 0 Å². The molecule has 1 aromatic carbocycles. The van der Waals surface area contributed by atoms with Crippen LogP contribution in [-0.2, 0) is 0 Å². The van der Waals surface area contributed by atoms with Gasteiger partial charge in [-0.2, -0.15) is 0 Å². The minimum absolute atomic E-state index is 0.190. The molecular weight excluding hydrogens is 275 g/mol. The van der Waals surface area contributed by atoms with Gasteiger partial charge in [-0.1, -0.05) is 70.1 Å². The van der Waals surface area contributed by atoms with Crippen LogP contribution in [0.4, 0.5) is 4.39 Å². The molecule has 0 bridgehead atoms. The second-order valence-corrected chi connectivity index (χ2v) is 6.83. The van der Waals surface area contributed by atoms with Gasteiger partial charge in [-0.15, -0.1) is 0 Å². The predicted octanol–water partition coefficient (Wildman–Crippen LogP) is 6.18. The van der Waals surface area contributed by atoms with E-state index in [4.69, 9.17) is 4.74 Å². The Morgan fingerprint density at radius 1 is 1.05 bits per heavy atom. The predicted molar refractivity (Wildman–Crippen MR) is 91.0 cm³/mol. The average molecular weight is 306 g/mol. The summed E-state index contributed by atoms with van der Waals surface area (Å²) < 4.78 is 19.5. The third-order valence-corrected chi connectivity index (χ3v) is 4.99. The van der Waals surface area contributed by atoms with Crippen LogP contribution in [0.3, 0.4) is 0 Å². The molecule has 124 valence electrons. The van der Waals surface area contributed by atoms with Gasteiger partial charge in [0, 0.05) is 0 Å². The van der Waals surface area contributed by atoms with Crippen molar-refractivity contribution in [1.29, 1.82) is 0 Å². The largest absolute Gasteiger partial charge is 0.491 e. The number of para-hydroxylation sites is 1. The van der Waals surface area contributed by atoms with Crippen LogP contribution in [0.15, 0.2) is 30.3 Å². The maximum absolute atomic E-state index is 14.0. The summed E-state index contributed by atoms with van der Waals surface area (Å²) in [5.41, 5.74) is 0. The Morgan fingerprint density at radius 2 is 1.68 bits per heavy atom. The molecule has 0 amide bonds. The molecule has 22 heavy (non-hydrogen) atoms. The molecule has 0 saturated heterocycles. The molecule has 1 fully saturated rings. The minimum Gasteiger partial charge on any atom is -0.491 e. The highest BCUT2D eigenvalue weighted by Gasteiger charge is 2.21. The van der Waals surface area contributed by atoms with Crippen molar-refractivity contribution in [2.75, 3.05) is 6.61 Å². The molecule has 0 spiro atoms. The van der Waals surface area contributed by atoms with Crippen molar-refractivity contribution in [1.82, 2.24) is 0 Å². The van der Waals surface area contributed by atoms with Crippen molar-refractivity contribution >= 4 is 0 Å². The molecule has 1 unspecified atom stereocenters. The maximum Gasteiger partial charge on any atom is 0.134 e. The summed E-state index contributed by atoms with van der Waals surface area (Å²) in [6.07, 6.45) is 10.3. The summed E-state index contributed by atoms with van der Waals surface area (Å²) in [6, 6.07) is 9.53. The molecule has 0 heterocycles. The van der Waals surface area contributed by atoms with E-state index in [0.29, 0.717) is 6.42 Å². The summed E-state index contributed by atoms with van der Waals surface area (Å²) in [7, 11) is 0. The number of unbranched alkanes of at least 4 members (excludes halogenated alkanes) is 1. The van der Waals surface area contributed by atoms with E-state index in [1.807, 2.05) is 30.3 Å². The Morgan fingerprint density at radius 3 is 2.32 bits per heavy atom. The smallest absolute Gasteiger partial charge is 0.134 e. The van der Waals surface area contributed by atoms with Crippen LogP contribution in [0.1, 0.15) is 64.7 Å². The summed E-state index contributed by atoms with van der Waals surface area (Å²) in [4.78, 5) is 0. The topological polar surface area (TPSA) is 9.23 Å². The zero-order chi connectivity index (χ0) is 15.6. The van der Waals surface area contributed by atoms with Crippen LogP contribution in [0, 0.1) is 11.8 Å². The fraction of sp³-hybridized carbons (Fsp3) is 0.700.